The van der Waals surface area contributed by atoms with Gasteiger partial charge >= 0.3 is 0 Å². The highest BCUT2D eigenvalue weighted by atomic mass is 16.6. The summed E-state index contributed by atoms with van der Waals surface area (Å²) >= 11 is 0. The molecule has 0 atom stereocenters. The number of nitro groups is 1. The second kappa shape index (κ2) is 7.99. The third-order valence-corrected chi connectivity index (χ3v) is 4.13. The number of aryl methyl sites for hydroxylation is 1. The van der Waals surface area contributed by atoms with Crippen molar-refractivity contribution in [2.45, 2.75) is 39.0 Å². The second-order valence-electron chi connectivity index (χ2n) is 7.14. The Morgan fingerprint density at radius 2 is 1.81 bits per heavy atom. The van der Waals surface area contributed by atoms with E-state index in [2.05, 4.69) is 38.2 Å². The standard InChI is InChI=1S/C20H24N2O4/c1-20(2,3)15-8-5-14(6-9-15)7-12-19(23)21-17-11-10-16(22(24)25)13-18(17)26-4/h5-6,8-11,13H,7,12H2,1-4H3,(H,21,23). The fraction of sp³-hybridized carbons (Fsp3) is 0.350. The van der Waals surface area contributed by atoms with E-state index in [0.29, 0.717) is 18.5 Å². The summed E-state index contributed by atoms with van der Waals surface area (Å²) in [5.74, 6) is 0.0964. The number of methoxy groups -OCH3 is 1. The van der Waals surface area contributed by atoms with Crippen molar-refractivity contribution in [1.29, 1.82) is 0 Å². The van der Waals surface area contributed by atoms with Gasteiger partial charge < -0.3 is 10.1 Å². The normalized spacial score (nSPS) is 11.1. The molecule has 1 N–H and O–H groups in total. The number of nitro benzene ring substituents is 1. The zero-order valence-electron chi connectivity index (χ0n) is 15.5. The molecule has 0 saturated carbocycles. The largest absolute Gasteiger partial charge is 0.494 e. The first-order chi connectivity index (χ1) is 12.2. The molecule has 0 aliphatic heterocycles. The number of carbonyl (C=O) groups excluding carboxylic acids is 1. The fourth-order valence-corrected chi connectivity index (χ4v) is 2.54. The maximum atomic E-state index is 12.2. The van der Waals surface area contributed by atoms with Crippen molar-refractivity contribution >= 4 is 17.3 Å². The van der Waals surface area contributed by atoms with Crippen LogP contribution in [0.4, 0.5) is 11.4 Å². The summed E-state index contributed by atoms with van der Waals surface area (Å²) in [7, 11) is 1.41. The molecule has 0 spiro atoms. The van der Waals surface area contributed by atoms with Crippen molar-refractivity contribution in [3.8, 4) is 5.75 Å². The van der Waals surface area contributed by atoms with Crippen LogP contribution in [0.25, 0.3) is 0 Å². The van der Waals surface area contributed by atoms with Crippen LogP contribution in [-0.2, 0) is 16.6 Å². The second-order valence-corrected chi connectivity index (χ2v) is 7.14. The number of hydrogen-bond acceptors (Lipinski definition) is 4. The number of nitrogens with one attached hydrogen (secondary N) is 1. The first-order valence-electron chi connectivity index (χ1n) is 8.42. The number of hydrogen-bond donors (Lipinski definition) is 1. The van der Waals surface area contributed by atoms with Crippen LogP contribution in [0.3, 0.4) is 0 Å². The van der Waals surface area contributed by atoms with Crippen molar-refractivity contribution < 1.29 is 14.5 Å². The van der Waals surface area contributed by atoms with Crippen molar-refractivity contribution in [2.75, 3.05) is 12.4 Å². The van der Waals surface area contributed by atoms with E-state index >= 15 is 0 Å². The van der Waals surface area contributed by atoms with Crippen LogP contribution >= 0.6 is 0 Å². The van der Waals surface area contributed by atoms with Gasteiger partial charge in [0.25, 0.3) is 5.69 Å². The summed E-state index contributed by atoms with van der Waals surface area (Å²) in [6, 6.07) is 12.4. The molecule has 6 heteroatoms. The number of non-ortho nitro benzene ring substituents is 1. The number of benzene rings is 2. The van der Waals surface area contributed by atoms with Gasteiger partial charge in [0.05, 0.1) is 23.8 Å². The monoisotopic (exact) mass is 356 g/mol. The Labute approximate surface area is 153 Å². The zero-order valence-corrected chi connectivity index (χ0v) is 15.5. The highest BCUT2D eigenvalue weighted by molar-refractivity contribution is 5.92. The molecule has 0 radical (unpaired) electrons. The molecule has 2 rings (SSSR count). The molecule has 0 saturated heterocycles. The Morgan fingerprint density at radius 1 is 1.15 bits per heavy atom. The number of ether oxygens (including phenoxy) is 1. The third-order valence-electron chi connectivity index (χ3n) is 4.13. The van der Waals surface area contributed by atoms with Crippen LogP contribution in [0.1, 0.15) is 38.3 Å². The summed E-state index contributed by atoms with van der Waals surface area (Å²) in [4.78, 5) is 22.5. The molecule has 0 aromatic heterocycles. The number of nitrogens with zero attached hydrogens (tertiary/aromatic N) is 1. The summed E-state index contributed by atoms with van der Waals surface area (Å²) in [6.45, 7) is 6.48. The van der Waals surface area contributed by atoms with Gasteiger partial charge in [-0.1, -0.05) is 45.0 Å². The Kier molecular flexibility index (Phi) is 5.97. The van der Waals surface area contributed by atoms with Crippen LogP contribution in [0.2, 0.25) is 0 Å². The predicted molar refractivity (Wildman–Crippen MR) is 102 cm³/mol. The third kappa shape index (κ3) is 5.05. The van der Waals surface area contributed by atoms with Crippen LogP contribution in [0.15, 0.2) is 42.5 Å². The molecule has 1 amide bonds. The van der Waals surface area contributed by atoms with E-state index in [1.807, 2.05) is 12.1 Å². The smallest absolute Gasteiger partial charge is 0.273 e. The lowest BCUT2D eigenvalue weighted by molar-refractivity contribution is -0.384. The first kappa shape index (κ1) is 19.4. The Morgan fingerprint density at radius 3 is 2.35 bits per heavy atom. The maximum absolute atomic E-state index is 12.2. The molecular formula is C20H24N2O4. The lowest BCUT2D eigenvalue weighted by Crippen LogP contribution is -2.13. The maximum Gasteiger partial charge on any atom is 0.273 e. The molecule has 0 heterocycles. The van der Waals surface area contributed by atoms with Crippen molar-refractivity contribution in [2.24, 2.45) is 0 Å². The highest BCUT2D eigenvalue weighted by Crippen LogP contribution is 2.29. The van der Waals surface area contributed by atoms with Gasteiger partial charge in [0.2, 0.25) is 5.91 Å². The molecule has 0 fully saturated rings. The molecule has 2 aromatic rings. The van der Waals surface area contributed by atoms with E-state index in [-0.39, 0.29) is 22.8 Å². The Balaban J connectivity index is 1.98. The van der Waals surface area contributed by atoms with E-state index in [1.165, 1.54) is 30.9 Å². The van der Waals surface area contributed by atoms with E-state index < -0.39 is 4.92 Å². The molecule has 0 bridgehead atoms. The quantitative estimate of drug-likeness (QED) is 0.611. The van der Waals surface area contributed by atoms with Gasteiger partial charge in [0, 0.05) is 12.5 Å². The predicted octanol–water partition coefficient (Wildman–Crippen LogP) is 4.47. The minimum absolute atomic E-state index is 0.0845. The first-order valence-corrected chi connectivity index (χ1v) is 8.42. The Bertz CT molecular complexity index is 792. The molecule has 0 aliphatic carbocycles. The van der Waals surface area contributed by atoms with Gasteiger partial charge in [-0.3, -0.25) is 14.9 Å². The van der Waals surface area contributed by atoms with Gasteiger partial charge in [-0.05, 0) is 29.0 Å². The number of carbonyl (C=O) groups is 1. The Hall–Kier alpha value is -2.89. The lowest BCUT2D eigenvalue weighted by Gasteiger charge is -2.19. The topological polar surface area (TPSA) is 81.5 Å². The summed E-state index contributed by atoms with van der Waals surface area (Å²) in [5.41, 5.74) is 2.78. The van der Waals surface area contributed by atoms with E-state index in [4.69, 9.17) is 4.74 Å². The summed E-state index contributed by atoms with van der Waals surface area (Å²) < 4.78 is 5.13. The van der Waals surface area contributed by atoms with Crippen LogP contribution in [-0.4, -0.2) is 17.9 Å². The average Bonchev–Trinajstić information content (AvgIpc) is 2.59. The van der Waals surface area contributed by atoms with Crippen LogP contribution in [0, 0.1) is 10.1 Å². The molecule has 2 aromatic carbocycles. The van der Waals surface area contributed by atoms with Gasteiger partial charge in [0.1, 0.15) is 5.75 Å². The summed E-state index contributed by atoms with van der Waals surface area (Å²) in [6.07, 6.45) is 0.931. The SMILES string of the molecule is COc1cc([N+](=O)[O-])ccc1NC(=O)CCc1ccc(C(C)(C)C)cc1. The van der Waals surface area contributed by atoms with E-state index in [9.17, 15) is 14.9 Å². The zero-order chi connectivity index (χ0) is 19.3. The molecule has 26 heavy (non-hydrogen) atoms. The molecular weight excluding hydrogens is 332 g/mol. The van der Waals surface area contributed by atoms with Crippen LogP contribution < -0.4 is 10.1 Å². The fourth-order valence-electron chi connectivity index (χ4n) is 2.54. The van der Waals surface area contributed by atoms with Crippen molar-refractivity contribution in [3.05, 3.63) is 63.7 Å². The number of rotatable bonds is 6. The van der Waals surface area contributed by atoms with Gasteiger partial charge in [-0.15, -0.1) is 0 Å². The van der Waals surface area contributed by atoms with Crippen molar-refractivity contribution in [3.63, 3.8) is 0 Å². The van der Waals surface area contributed by atoms with Gasteiger partial charge in [-0.25, -0.2) is 0 Å². The van der Waals surface area contributed by atoms with Crippen molar-refractivity contribution in [1.82, 2.24) is 0 Å². The summed E-state index contributed by atoms with van der Waals surface area (Å²) in [5, 5.41) is 13.6. The number of amides is 1. The lowest BCUT2D eigenvalue weighted by atomic mass is 9.86. The van der Waals surface area contributed by atoms with Gasteiger partial charge in [0.15, 0.2) is 0 Å². The molecule has 138 valence electrons. The molecule has 0 aliphatic rings. The molecule has 0 unspecified atom stereocenters. The number of anilines is 1. The molecule has 6 nitrogen and oxygen atoms in total. The van der Waals surface area contributed by atoms with Crippen LogP contribution in [0.5, 0.6) is 5.75 Å². The average molecular weight is 356 g/mol. The highest BCUT2D eigenvalue weighted by Gasteiger charge is 2.14. The minimum atomic E-state index is -0.505. The minimum Gasteiger partial charge on any atom is -0.494 e. The van der Waals surface area contributed by atoms with Gasteiger partial charge in [-0.2, -0.15) is 0 Å². The van der Waals surface area contributed by atoms with E-state index in [1.54, 1.807) is 0 Å². The van der Waals surface area contributed by atoms with E-state index in [0.717, 1.165) is 5.56 Å².